The van der Waals surface area contributed by atoms with Gasteiger partial charge in [-0.15, -0.1) is 0 Å². The highest BCUT2D eigenvalue weighted by Crippen LogP contribution is 2.15. The zero-order valence-corrected chi connectivity index (χ0v) is 13.0. The molecule has 2 unspecified atom stereocenters. The second-order valence-electron chi connectivity index (χ2n) is 5.36. The van der Waals surface area contributed by atoms with Crippen molar-refractivity contribution in [3.63, 3.8) is 0 Å². The maximum absolute atomic E-state index is 11.1. The van der Waals surface area contributed by atoms with E-state index >= 15 is 0 Å². The highest BCUT2D eigenvalue weighted by atomic mass is 16.4. The first-order valence-electron chi connectivity index (χ1n) is 7.78. The van der Waals surface area contributed by atoms with Crippen LogP contribution in [0.4, 0.5) is 0 Å². The molecule has 0 bridgehead atoms. The van der Waals surface area contributed by atoms with Crippen LogP contribution in [0.5, 0.6) is 0 Å². The van der Waals surface area contributed by atoms with Crippen LogP contribution in [0.1, 0.15) is 45.4 Å². The summed E-state index contributed by atoms with van der Waals surface area (Å²) in [6.45, 7) is 3.30. The Morgan fingerprint density at radius 3 is 2.76 bits per heavy atom. The van der Waals surface area contributed by atoms with Gasteiger partial charge >= 0.3 is 5.97 Å². The molecule has 1 rings (SSSR count). The molecule has 1 heterocycles. The summed E-state index contributed by atoms with van der Waals surface area (Å²) in [4.78, 5) is 22.2. The number of hydrogen-bond acceptors (Lipinski definition) is 5. The molecular formula is C14H28N4O3. The average Bonchev–Trinajstić information content (AvgIpc) is 2.93. The fraction of sp³-hybridized carbons (Fsp3) is 0.857. The van der Waals surface area contributed by atoms with Gasteiger partial charge in [-0.25, -0.2) is 10.4 Å². The molecule has 0 aliphatic carbocycles. The Morgan fingerprint density at radius 1 is 1.38 bits per heavy atom. The molecule has 122 valence electrons. The Morgan fingerprint density at radius 2 is 2.14 bits per heavy atom. The summed E-state index contributed by atoms with van der Waals surface area (Å²) in [5, 5.41) is 17.0. The van der Waals surface area contributed by atoms with E-state index in [1.807, 2.05) is 19.0 Å². The standard InChI is InChI=1S/C14H28N4O3/c1-3-13(19)16-9-5-4-8-12(15-2)17-18-10-6-7-11(18)14(20)21/h11-12,15,17H,3-10H2,1-2H3,(H,16,19)(H,20,21). The molecule has 0 aromatic carbocycles. The molecule has 1 fully saturated rings. The highest BCUT2D eigenvalue weighted by molar-refractivity contribution is 5.75. The van der Waals surface area contributed by atoms with Gasteiger partial charge in [0, 0.05) is 19.5 Å². The lowest BCUT2D eigenvalue weighted by Gasteiger charge is -2.28. The summed E-state index contributed by atoms with van der Waals surface area (Å²) < 4.78 is 0. The van der Waals surface area contributed by atoms with Crippen molar-refractivity contribution in [1.82, 2.24) is 21.1 Å². The van der Waals surface area contributed by atoms with Crippen LogP contribution >= 0.6 is 0 Å². The Hall–Kier alpha value is -1.18. The summed E-state index contributed by atoms with van der Waals surface area (Å²) in [6.07, 6.45) is 4.97. The highest BCUT2D eigenvalue weighted by Gasteiger charge is 2.31. The van der Waals surface area contributed by atoms with Gasteiger partial charge in [-0.2, -0.15) is 0 Å². The van der Waals surface area contributed by atoms with Crippen LogP contribution in [-0.2, 0) is 9.59 Å². The first-order valence-corrected chi connectivity index (χ1v) is 7.78. The van der Waals surface area contributed by atoms with Gasteiger partial charge in [-0.05, 0) is 39.2 Å². The van der Waals surface area contributed by atoms with E-state index in [0.717, 1.165) is 32.2 Å². The van der Waals surface area contributed by atoms with Gasteiger partial charge in [0.05, 0.1) is 6.17 Å². The number of nitrogens with one attached hydrogen (secondary N) is 3. The van der Waals surface area contributed by atoms with E-state index in [2.05, 4.69) is 16.1 Å². The third-order valence-corrected chi connectivity index (χ3v) is 3.77. The minimum absolute atomic E-state index is 0.0619. The van der Waals surface area contributed by atoms with Crippen LogP contribution in [-0.4, -0.2) is 54.3 Å². The van der Waals surface area contributed by atoms with Gasteiger partial charge in [0.1, 0.15) is 6.04 Å². The molecule has 0 aromatic rings. The van der Waals surface area contributed by atoms with E-state index in [1.165, 1.54) is 0 Å². The number of rotatable bonds is 10. The van der Waals surface area contributed by atoms with Crippen LogP contribution in [0.25, 0.3) is 0 Å². The zero-order valence-electron chi connectivity index (χ0n) is 13.0. The number of hydrogen-bond donors (Lipinski definition) is 4. The second-order valence-corrected chi connectivity index (χ2v) is 5.36. The Kier molecular flexibility index (Phi) is 8.26. The van der Waals surface area contributed by atoms with Crippen LogP contribution in [0, 0.1) is 0 Å². The minimum atomic E-state index is -0.767. The molecule has 0 spiro atoms. The van der Waals surface area contributed by atoms with Crippen molar-refractivity contribution in [3.05, 3.63) is 0 Å². The minimum Gasteiger partial charge on any atom is -0.480 e. The van der Waals surface area contributed by atoms with Crippen molar-refractivity contribution in [2.45, 2.75) is 57.7 Å². The van der Waals surface area contributed by atoms with Crippen molar-refractivity contribution < 1.29 is 14.7 Å². The Bertz CT molecular complexity index is 338. The Balaban J connectivity index is 2.22. The molecule has 0 saturated carbocycles. The van der Waals surface area contributed by atoms with E-state index < -0.39 is 12.0 Å². The number of unbranched alkanes of at least 4 members (excludes halogenated alkanes) is 1. The predicted molar refractivity (Wildman–Crippen MR) is 80.5 cm³/mol. The van der Waals surface area contributed by atoms with E-state index in [4.69, 9.17) is 5.11 Å². The molecule has 2 atom stereocenters. The molecular weight excluding hydrogens is 272 g/mol. The number of carbonyl (C=O) groups is 2. The lowest BCUT2D eigenvalue weighted by Crippen LogP contribution is -2.54. The predicted octanol–water partition coefficient (Wildman–Crippen LogP) is 0.282. The van der Waals surface area contributed by atoms with Crippen molar-refractivity contribution in [1.29, 1.82) is 0 Å². The fourth-order valence-corrected chi connectivity index (χ4v) is 2.48. The van der Waals surface area contributed by atoms with Crippen molar-refractivity contribution >= 4 is 11.9 Å². The number of amides is 1. The third kappa shape index (κ3) is 6.41. The first kappa shape index (κ1) is 17.9. The summed E-state index contributed by atoms with van der Waals surface area (Å²) in [5.74, 6) is -0.684. The average molecular weight is 300 g/mol. The summed E-state index contributed by atoms with van der Waals surface area (Å²) in [5.41, 5.74) is 3.26. The summed E-state index contributed by atoms with van der Waals surface area (Å²) in [7, 11) is 1.86. The van der Waals surface area contributed by atoms with Crippen molar-refractivity contribution in [3.8, 4) is 0 Å². The zero-order chi connectivity index (χ0) is 15.7. The molecule has 7 nitrogen and oxygen atoms in total. The van der Waals surface area contributed by atoms with Gasteiger partial charge in [0.25, 0.3) is 0 Å². The second kappa shape index (κ2) is 9.70. The van der Waals surface area contributed by atoms with Gasteiger partial charge in [0.15, 0.2) is 0 Å². The van der Waals surface area contributed by atoms with Crippen LogP contribution < -0.4 is 16.1 Å². The first-order chi connectivity index (χ1) is 10.1. The van der Waals surface area contributed by atoms with E-state index in [9.17, 15) is 9.59 Å². The number of carboxylic acids is 1. The molecule has 1 saturated heterocycles. The fourth-order valence-electron chi connectivity index (χ4n) is 2.48. The SMILES string of the molecule is CCC(=O)NCCCCC(NC)NN1CCCC1C(=O)O. The largest absolute Gasteiger partial charge is 0.480 e. The van der Waals surface area contributed by atoms with Crippen LogP contribution in [0.15, 0.2) is 0 Å². The monoisotopic (exact) mass is 300 g/mol. The summed E-state index contributed by atoms with van der Waals surface area (Å²) >= 11 is 0. The van der Waals surface area contributed by atoms with Crippen molar-refractivity contribution in [2.75, 3.05) is 20.1 Å². The van der Waals surface area contributed by atoms with E-state index in [-0.39, 0.29) is 12.1 Å². The lowest BCUT2D eigenvalue weighted by molar-refractivity contribution is -0.143. The number of hydrazine groups is 1. The number of carboxylic acid groups (broad SMARTS) is 1. The molecule has 1 aliphatic rings. The van der Waals surface area contributed by atoms with Crippen LogP contribution in [0.3, 0.4) is 0 Å². The van der Waals surface area contributed by atoms with Gasteiger partial charge < -0.3 is 15.7 Å². The van der Waals surface area contributed by atoms with Gasteiger partial charge in [-0.1, -0.05) is 6.92 Å². The number of aliphatic carboxylic acids is 1. The maximum Gasteiger partial charge on any atom is 0.322 e. The molecule has 21 heavy (non-hydrogen) atoms. The molecule has 7 heteroatoms. The number of nitrogens with zero attached hydrogens (tertiary/aromatic N) is 1. The van der Waals surface area contributed by atoms with Crippen LogP contribution in [0.2, 0.25) is 0 Å². The Labute approximate surface area is 126 Å². The van der Waals surface area contributed by atoms with Gasteiger partial charge in [0.2, 0.25) is 5.91 Å². The molecule has 0 aromatic heterocycles. The van der Waals surface area contributed by atoms with E-state index in [0.29, 0.717) is 19.4 Å². The van der Waals surface area contributed by atoms with E-state index in [1.54, 1.807) is 0 Å². The number of carbonyl (C=O) groups excluding carboxylic acids is 1. The van der Waals surface area contributed by atoms with Gasteiger partial charge in [-0.3, -0.25) is 9.59 Å². The molecule has 1 aliphatic heterocycles. The topological polar surface area (TPSA) is 93.7 Å². The molecule has 0 radical (unpaired) electrons. The maximum atomic E-state index is 11.1. The normalized spacial score (nSPS) is 20.4. The lowest BCUT2D eigenvalue weighted by atomic mass is 10.2. The molecule has 4 N–H and O–H groups in total. The quantitative estimate of drug-likeness (QED) is 0.342. The molecule has 1 amide bonds. The summed E-state index contributed by atoms with van der Waals surface area (Å²) in [6, 6.07) is -0.426. The smallest absolute Gasteiger partial charge is 0.322 e. The van der Waals surface area contributed by atoms with Crippen molar-refractivity contribution in [2.24, 2.45) is 0 Å². The third-order valence-electron chi connectivity index (χ3n) is 3.77.